The number of hydrogen-bond donors (Lipinski definition) is 1. The zero-order valence-corrected chi connectivity index (χ0v) is 14.0. The van der Waals surface area contributed by atoms with Crippen LogP contribution in [0.2, 0.25) is 0 Å². The summed E-state index contributed by atoms with van der Waals surface area (Å²) in [5, 5.41) is 3.55. The maximum Gasteiger partial charge on any atom is 0.141 e. The van der Waals surface area contributed by atoms with Gasteiger partial charge in [0.15, 0.2) is 0 Å². The molecule has 1 aromatic heterocycles. The molecule has 128 valence electrons. The van der Waals surface area contributed by atoms with Gasteiger partial charge in [-0.05, 0) is 24.6 Å². The zero-order chi connectivity index (χ0) is 16.8. The topological polar surface area (TPSA) is 37.4 Å². The molecule has 1 saturated heterocycles. The van der Waals surface area contributed by atoms with Gasteiger partial charge in [-0.15, -0.1) is 0 Å². The number of rotatable bonds is 6. The molecule has 1 aliphatic rings. The van der Waals surface area contributed by atoms with Crippen LogP contribution < -0.4 is 5.32 Å². The van der Waals surface area contributed by atoms with Gasteiger partial charge in [0.1, 0.15) is 5.82 Å². The summed E-state index contributed by atoms with van der Waals surface area (Å²) in [4.78, 5) is 6.63. The highest BCUT2D eigenvalue weighted by atomic mass is 19.1. The van der Waals surface area contributed by atoms with E-state index in [2.05, 4.69) is 46.4 Å². The molecule has 0 bridgehead atoms. The van der Waals surface area contributed by atoms with Crippen LogP contribution >= 0.6 is 0 Å². The van der Waals surface area contributed by atoms with E-state index in [4.69, 9.17) is 4.74 Å². The van der Waals surface area contributed by atoms with E-state index in [1.54, 1.807) is 6.07 Å². The smallest absolute Gasteiger partial charge is 0.141 e. The van der Waals surface area contributed by atoms with E-state index in [9.17, 15) is 4.39 Å². The van der Waals surface area contributed by atoms with Gasteiger partial charge < -0.3 is 10.1 Å². The van der Waals surface area contributed by atoms with Crippen molar-refractivity contribution in [1.82, 2.24) is 15.2 Å². The van der Waals surface area contributed by atoms with Crippen LogP contribution in [0.25, 0.3) is 0 Å². The van der Waals surface area contributed by atoms with Crippen LogP contribution in [0.15, 0.2) is 48.7 Å². The molecule has 0 spiro atoms. The number of halogens is 1. The molecule has 0 saturated carbocycles. The lowest BCUT2D eigenvalue weighted by atomic mass is 10.0. The van der Waals surface area contributed by atoms with Crippen LogP contribution in [0, 0.1) is 5.82 Å². The van der Waals surface area contributed by atoms with Crippen molar-refractivity contribution in [2.24, 2.45) is 0 Å². The molecule has 1 aliphatic heterocycles. The molecule has 0 unspecified atom stereocenters. The van der Waals surface area contributed by atoms with Crippen molar-refractivity contribution < 1.29 is 9.13 Å². The van der Waals surface area contributed by atoms with Gasteiger partial charge in [0, 0.05) is 31.7 Å². The molecule has 24 heavy (non-hydrogen) atoms. The van der Waals surface area contributed by atoms with Crippen molar-refractivity contribution in [2.75, 3.05) is 32.8 Å². The standard InChI is InChI=1S/C19H24FN3O/c1-15(18-8-7-17(20)13-22-18)21-14-19(16-5-3-2-4-6-16)23-9-11-24-12-10-23/h2-8,13,15,19,21H,9-12,14H2,1H3/t15-,19-/m1/s1. The van der Waals surface area contributed by atoms with E-state index in [-0.39, 0.29) is 17.9 Å². The number of aromatic nitrogens is 1. The average molecular weight is 329 g/mol. The number of morpholine rings is 1. The summed E-state index contributed by atoms with van der Waals surface area (Å²) in [6.07, 6.45) is 1.27. The van der Waals surface area contributed by atoms with Crippen LogP contribution in [0.3, 0.4) is 0 Å². The molecule has 5 heteroatoms. The molecule has 2 heterocycles. The summed E-state index contributed by atoms with van der Waals surface area (Å²) in [5.41, 5.74) is 2.15. The first-order chi connectivity index (χ1) is 11.7. The minimum Gasteiger partial charge on any atom is -0.379 e. The van der Waals surface area contributed by atoms with Crippen molar-refractivity contribution in [3.05, 3.63) is 65.7 Å². The average Bonchev–Trinajstić information content (AvgIpc) is 2.64. The third kappa shape index (κ3) is 4.38. The Kier molecular flexibility index (Phi) is 5.91. The fraction of sp³-hybridized carbons (Fsp3) is 0.421. The molecule has 2 aromatic rings. The maximum atomic E-state index is 13.0. The fourth-order valence-corrected chi connectivity index (χ4v) is 3.06. The van der Waals surface area contributed by atoms with Crippen molar-refractivity contribution >= 4 is 0 Å². The van der Waals surface area contributed by atoms with Gasteiger partial charge in [0.05, 0.1) is 25.1 Å². The largest absolute Gasteiger partial charge is 0.379 e. The lowest BCUT2D eigenvalue weighted by Gasteiger charge is -2.35. The first-order valence-corrected chi connectivity index (χ1v) is 8.45. The number of nitrogens with zero attached hydrogens (tertiary/aromatic N) is 2. The fourth-order valence-electron chi connectivity index (χ4n) is 3.06. The van der Waals surface area contributed by atoms with Gasteiger partial charge in [0.25, 0.3) is 0 Å². The number of nitrogens with one attached hydrogen (secondary N) is 1. The quantitative estimate of drug-likeness (QED) is 0.884. The van der Waals surface area contributed by atoms with Crippen molar-refractivity contribution in [3.8, 4) is 0 Å². The predicted molar refractivity (Wildman–Crippen MR) is 92.2 cm³/mol. The molecular weight excluding hydrogens is 305 g/mol. The summed E-state index contributed by atoms with van der Waals surface area (Å²) < 4.78 is 18.5. The predicted octanol–water partition coefficient (Wildman–Crippen LogP) is 2.94. The number of hydrogen-bond acceptors (Lipinski definition) is 4. The second-order valence-electron chi connectivity index (χ2n) is 6.11. The Morgan fingerprint density at radius 3 is 2.58 bits per heavy atom. The minimum atomic E-state index is -0.304. The Hall–Kier alpha value is -1.82. The monoisotopic (exact) mass is 329 g/mol. The Morgan fingerprint density at radius 2 is 1.92 bits per heavy atom. The SMILES string of the molecule is C[C@@H](NC[C@H](c1ccccc1)N1CCOCC1)c1ccc(F)cn1. The maximum absolute atomic E-state index is 13.0. The summed E-state index contributed by atoms with van der Waals surface area (Å²) >= 11 is 0. The zero-order valence-electron chi connectivity index (χ0n) is 14.0. The van der Waals surface area contributed by atoms with Crippen LogP contribution in [-0.2, 0) is 4.74 Å². The lowest BCUT2D eigenvalue weighted by Crippen LogP contribution is -2.43. The normalized spacial score (nSPS) is 18.2. The Bertz CT molecular complexity index is 614. The highest BCUT2D eigenvalue weighted by Gasteiger charge is 2.23. The van der Waals surface area contributed by atoms with E-state index in [0.717, 1.165) is 38.5 Å². The van der Waals surface area contributed by atoms with Crippen LogP contribution in [-0.4, -0.2) is 42.7 Å². The van der Waals surface area contributed by atoms with E-state index >= 15 is 0 Å². The van der Waals surface area contributed by atoms with E-state index in [1.807, 2.05) is 6.07 Å². The van der Waals surface area contributed by atoms with Gasteiger partial charge in [-0.1, -0.05) is 30.3 Å². The second-order valence-corrected chi connectivity index (χ2v) is 6.11. The first-order valence-electron chi connectivity index (χ1n) is 8.45. The molecule has 2 atom stereocenters. The molecule has 1 fully saturated rings. The molecule has 0 radical (unpaired) electrons. The third-order valence-corrected chi connectivity index (χ3v) is 4.48. The van der Waals surface area contributed by atoms with Crippen LogP contribution in [0.1, 0.15) is 30.3 Å². The summed E-state index contributed by atoms with van der Waals surface area (Å²) in [5.74, 6) is -0.304. The van der Waals surface area contributed by atoms with Crippen LogP contribution in [0.5, 0.6) is 0 Å². The van der Waals surface area contributed by atoms with Crippen molar-refractivity contribution in [3.63, 3.8) is 0 Å². The molecule has 1 N–H and O–H groups in total. The van der Waals surface area contributed by atoms with Crippen molar-refractivity contribution in [2.45, 2.75) is 19.0 Å². The van der Waals surface area contributed by atoms with Gasteiger partial charge >= 0.3 is 0 Å². The third-order valence-electron chi connectivity index (χ3n) is 4.48. The Labute approximate surface area is 142 Å². The number of benzene rings is 1. The van der Waals surface area contributed by atoms with Crippen LogP contribution in [0.4, 0.5) is 4.39 Å². The van der Waals surface area contributed by atoms with E-state index in [1.165, 1.54) is 17.8 Å². The van der Waals surface area contributed by atoms with Crippen molar-refractivity contribution in [1.29, 1.82) is 0 Å². The molecule has 3 rings (SSSR count). The van der Waals surface area contributed by atoms with Gasteiger partial charge in [0.2, 0.25) is 0 Å². The highest BCUT2D eigenvalue weighted by molar-refractivity contribution is 5.20. The molecule has 1 aromatic carbocycles. The van der Waals surface area contributed by atoms with Gasteiger partial charge in [-0.3, -0.25) is 9.88 Å². The molecule has 0 amide bonds. The van der Waals surface area contributed by atoms with Gasteiger partial charge in [-0.2, -0.15) is 0 Å². The number of pyridine rings is 1. The first kappa shape index (κ1) is 17.0. The Balaban J connectivity index is 1.68. The Morgan fingerprint density at radius 1 is 1.17 bits per heavy atom. The van der Waals surface area contributed by atoms with E-state index < -0.39 is 0 Å². The van der Waals surface area contributed by atoms with E-state index in [0.29, 0.717) is 0 Å². The summed E-state index contributed by atoms with van der Waals surface area (Å²) in [7, 11) is 0. The summed E-state index contributed by atoms with van der Waals surface area (Å²) in [6, 6.07) is 14.1. The summed E-state index contributed by atoms with van der Waals surface area (Å²) in [6.45, 7) is 6.29. The molecule has 4 nitrogen and oxygen atoms in total. The molecular formula is C19H24FN3O. The second kappa shape index (κ2) is 8.33. The minimum absolute atomic E-state index is 0.0675. The van der Waals surface area contributed by atoms with Gasteiger partial charge in [-0.25, -0.2) is 4.39 Å². The highest BCUT2D eigenvalue weighted by Crippen LogP contribution is 2.22. The molecule has 0 aliphatic carbocycles. The lowest BCUT2D eigenvalue weighted by molar-refractivity contribution is 0.0157. The number of ether oxygens (including phenoxy) is 1.